The van der Waals surface area contributed by atoms with Crippen LogP contribution in [0.5, 0.6) is 0 Å². The summed E-state index contributed by atoms with van der Waals surface area (Å²) in [5.74, 6) is 0. The number of likely N-dealkylation sites (tertiary alicyclic amines) is 1. The van der Waals surface area contributed by atoms with Gasteiger partial charge in [-0.2, -0.15) is 0 Å². The van der Waals surface area contributed by atoms with Crippen molar-refractivity contribution >= 4 is 5.69 Å². The van der Waals surface area contributed by atoms with E-state index < -0.39 is 0 Å². The second-order valence-electron chi connectivity index (χ2n) is 5.49. The van der Waals surface area contributed by atoms with Crippen molar-refractivity contribution in [3.8, 4) is 0 Å². The second kappa shape index (κ2) is 7.49. The number of nitrogens with one attached hydrogen (secondary N) is 1. The van der Waals surface area contributed by atoms with Gasteiger partial charge in [0.2, 0.25) is 0 Å². The monoisotopic (exact) mass is 261 g/mol. The van der Waals surface area contributed by atoms with Gasteiger partial charge in [-0.1, -0.05) is 20.3 Å². The Balaban J connectivity index is 1.97. The summed E-state index contributed by atoms with van der Waals surface area (Å²) in [6.07, 6.45) is 8.42. The first-order valence-electron chi connectivity index (χ1n) is 7.76. The highest BCUT2D eigenvalue weighted by atomic mass is 15.2. The maximum Gasteiger partial charge on any atom is 0.0564 e. The van der Waals surface area contributed by atoms with E-state index in [1.807, 2.05) is 6.20 Å². The smallest absolute Gasteiger partial charge is 0.0564 e. The molecular weight excluding hydrogens is 234 g/mol. The normalized spacial score (nSPS) is 20.4. The Kier molecular flexibility index (Phi) is 5.64. The van der Waals surface area contributed by atoms with Crippen molar-refractivity contribution in [2.75, 3.05) is 18.4 Å². The average Bonchev–Trinajstić information content (AvgIpc) is 2.46. The zero-order valence-corrected chi connectivity index (χ0v) is 12.4. The summed E-state index contributed by atoms with van der Waals surface area (Å²) < 4.78 is 0. The van der Waals surface area contributed by atoms with Crippen molar-refractivity contribution in [3.05, 3.63) is 24.0 Å². The van der Waals surface area contributed by atoms with Crippen LogP contribution in [0.15, 0.2) is 18.3 Å². The van der Waals surface area contributed by atoms with Crippen LogP contribution in [0.3, 0.4) is 0 Å². The van der Waals surface area contributed by atoms with Crippen molar-refractivity contribution in [3.63, 3.8) is 0 Å². The third-order valence-corrected chi connectivity index (χ3v) is 3.98. The third kappa shape index (κ3) is 4.20. The average molecular weight is 261 g/mol. The molecule has 2 rings (SSSR count). The Morgan fingerprint density at radius 3 is 3.05 bits per heavy atom. The van der Waals surface area contributed by atoms with E-state index in [2.05, 4.69) is 41.2 Å². The number of rotatable bonds is 6. The minimum atomic E-state index is 0.753. The van der Waals surface area contributed by atoms with Gasteiger partial charge in [-0.25, -0.2) is 0 Å². The molecule has 1 saturated heterocycles. The Morgan fingerprint density at radius 2 is 2.26 bits per heavy atom. The van der Waals surface area contributed by atoms with E-state index in [9.17, 15) is 0 Å². The molecule has 3 heteroatoms. The molecule has 19 heavy (non-hydrogen) atoms. The lowest BCUT2D eigenvalue weighted by Gasteiger charge is -2.34. The van der Waals surface area contributed by atoms with Crippen molar-refractivity contribution in [2.45, 2.75) is 58.5 Å². The molecule has 1 aliphatic heterocycles. The van der Waals surface area contributed by atoms with Crippen LogP contribution in [-0.4, -0.2) is 29.0 Å². The minimum Gasteiger partial charge on any atom is -0.385 e. The molecule has 106 valence electrons. The van der Waals surface area contributed by atoms with Crippen LogP contribution in [0.25, 0.3) is 0 Å². The molecule has 0 spiro atoms. The first kappa shape index (κ1) is 14.3. The van der Waals surface area contributed by atoms with Crippen LogP contribution >= 0.6 is 0 Å². The number of aromatic nitrogens is 1. The highest BCUT2D eigenvalue weighted by Crippen LogP contribution is 2.21. The molecule has 2 heterocycles. The highest BCUT2D eigenvalue weighted by Gasteiger charge is 2.20. The molecule has 1 aromatic heterocycles. The predicted molar refractivity (Wildman–Crippen MR) is 81.4 cm³/mol. The van der Waals surface area contributed by atoms with E-state index in [0.717, 1.165) is 25.6 Å². The molecular formula is C16H27N3. The fourth-order valence-electron chi connectivity index (χ4n) is 2.88. The second-order valence-corrected chi connectivity index (χ2v) is 5.49. The van der Waals surface area contributed by atoms with Gasteiger partial charge in [0.1, 0.15) is 0 Å². The molecule has 0 amide bonds. The van der Waals surface area contributed by atoms with E-state index >= 15 is 0 Å². The largest absolute Gasteiger partial charge is 0.385 e. The standard InChI is InChI=1S/C16H27N3/c1-3-9-17-14-8-10-18-15(12-14)13-19-11-6-5-7-16(19)4-2/h8,10,12,16H,3-7,9,11,13H2,1-2H3,(H,17,18). The van der Waals surface area contributed by atoms with Crippen molar-refractivity contribution in [1.29, 1.82) is 0 Å². The Labute approximate surface area is 117 Å². The van der Waals surface area contributed by atoms with Gasteiger partial charge in [0.25, 0.3) is 0 Å². The maximum absolute atomic E-state index is 4.53. The number of anilines is 1. The lowest BCUT2D eigenvalue weighted by atomic mass is 10.00. The fraction of sp³-hybridized carbons (Fsp3) is 0.688. The van der Waals surface area contributed by atoms with Crippen LogP contribution in [0.2, 0.25) is 0 Å². The summed E-state index contributed by atoms with van der Waals surface area (Å²) >= 11 is 0. The van der Waals surface area contributed by atoms with Gasteiger partial charge in [-0.3, -0.25) is 9.88 Å². The molecule has 0 aliphatic carbocycles. The van der Waals surface area contributed by atoms with Gasteiger partial charge < -0.3 is 5.32 Å². The molecule has 1 aromatic rings. The molecule has 1 aliphatic rings. The van der Waals surface area contributed by atoms with Gasteiger partial charge in [0.05, 0.1) is 5.69 Å². The Morgan fingerprint density at radius 1 is 1.37 bits per heavy atom. The van der Waals surface area contributed by atoms with E-state index in [0.29, 0.717) is 0 Å². The molecule has 0 aromatic carbocycles. The number of nitrogens with zero attached hydrogens (tertiary/aromatic N) is 2. The van der Waals surface area contributed by atoms with Crippen molar-refractivity contribution in [2.24, 2.45) is 0 Å². The van der Waals surface area contributed by atoms with Crippen LogP contribution in [0.1, 0.15) is 51.6 Å². The highest BCUT2D eigenvalue weighted by molar-refractivity contribution is 5.43. The molecule has 1 unspecified atom stereocenters. The maximum atomic E-state index is 4.53. The lowest BCUT2D eigenvalue weighted by Crippen LogP contribution is -2.38. The van der Waals surface area contributed by atoms with Crippen molar-refractivity contribution < 1.29 is 0 Å². The SMILES string of the molecule is CCCNc1ccnc(CN2CCCCC2CC)c1. The van der Waals surface area contributed by atoms with Gasteiger partial charge in [0, 0.05) is 31.0 Å². The number of piperidine rings is 1. The van der Waals surface area contributed by atoms with E-state index in [-0.39, 0.29) is 0 Å². The first-order chi connectivity index (χ1) is 9.33. The van der Waals surface area contributed by atoms with E-state index in [1.54, 1.807) is 0 Å². The van der Waals surface area contributed by atoms with Gasteiger partial charge in [-0.05, 0) is 44.4 Å². The molecule has 1 fully saturated rings. The summed E-state index contributed by atoms with van der Waals surface area (Å²) in [5, 5.41) is 3.44. The van der Waals surface area contributed by atoms with Crippen molar-refractivity contribution in [1.82, 2.24) is 9.88 Å². The summed E-state index contributed by atoms with van der Waals surface area (Å²) in [6, 6.07) is 5.02. The van der Waals surface area contributed by atoms with Crippen LogP contribution in [-0.2, 0) is 6.54 Å². The number of hydrogen-bond acceptors (Lipinski definition) is 3. The van der Waals surface area contributed by atoms with E-state index in [1.165, 1.54) is 43.6 Å². The first-order valence-corrected chi connectivity index (χ1v) is 7.76. The summed E-state index contributed by atoms with van der Waals surface area (Å²) in [4.78, 5) is 7.14. The zero-order chi connectivity index (χ0) is 13.5. The molecule has 3 nitrogen and oxygen atoms in total. The van der Waals surface area contributed by atoms with Gasteiger partial charge in [-0.15, -0.1) is 0 Å². The lowest BCUT2D eigenvalue weighted by molar-refractivity contribution is 0.134. The quantitative estimate of drug-likeness (QED) is 0.847. The molecule has 1 N–H and O–H groups in total. The van der Waals surface area contributed by atoms with Crippen LogP contribution in [0.4, 0.5) is 5.69 Å². The fourth-order valence-corrected chi connectivity index (χ4v) is 2.88. The van der Waals surface area contributed by atoms with Gasteiger partial charge in [0.15, 0.2) is 0 Å². The Hall–Kier alpha value is -1.09. The predicted octanol–water partition coefficient (Wildman–Crippen LogP) is 3.67. The number of hydrogen-bond donors (Lipinski definition) is 1. The van der Waals surface area contributed by atoms with Gasteiger partial charge >= 0.3 is 0 Å². The molecule has 0 bridgehead atoms. The topological polar surface area (TPSA) is 28.2 Å². The minimum absolute atomic E-state index is 0.753. The zero-order valence-electron chi connectivity index (χ0n) is 12.4. The Bertz CT molecular complexity index is 378. The summed E-state index contributed by atoms with van der Waals surface area (Å²) in [6.45, 7) is 7.75. The van der Waals surface area contributed by atoms with Crippen LogP contribution < -0.4 is 5.32 Å². The molecule has 0 radical (unpaired) electrons. The number of pyridine rings is 1. The van der Waals surface area contributed by atoms with Crippen LogP contribution in [0, 0.1) is 0 Å². The molecule has 1 atom stereocenters. The molecule has 0 saturated carbocycles. The summed E-state index contributed by atoms with van der Waals surface area (Å²) in [7, 11) is 0. The van der Waals surface area contributed by atoms with E-state index in [4.69, 9.17) is 0 Å². The summed E-state index contributed by atoms with van der Waals surface area (Å²) in [5.41, 5.74) is 2.40. The third-order valence-electron chi connectivity index (χ3n) is 3.98.